The lowest BCUT2D eigenvalue weighted by Crippen LogP contribution is -2.50. The maximum atomic E-state index is 13.3. The zero-order chi connectivity index (χ0) is 23.7. The fourth-order valence-electron chi connectivity index (χ4n) is 3.47. The second-order valence-corrected chi connectivity index (χ2v) is 9.15. The predicted octanol–water partition coefficient (Wildman–Crippen LogP) is 5.59. The minimum absolute atomic E-state index is 0.126. The summed E-state index contributed by atoms with van der Waals surface area (Å²) in [7, 11) is 0. The largest absolute Gasteiger partial charge is 0.483 e. The zero-order valence-electron chi connectivity index (χ0n) is 19.8. The fourth-order valence-corrected chi connectivity index (χ4v) is 3.98. The van der Waals surface area contributed by atoms with E-state index in [-0.39, 0.29) is 18.4 Å². The Bertz CT molecular complexity index is 914. The Balaban J connectivity index is 2.22. The first-order chi connectivity index (χ1) is 15.3. The van der Waals surface area contributed by atoms with Crippen LogP contribution in [0, 0.1) is 6.92 Å². The quantitative estimate of drug-likeness (QED) is 0.435. The van der Waals surface area contributed by atoms with Gasteiger partial charge in [0.1, 0.15) is 11.8 Å². The van der Waals surface area contributed by atoms with Crippen LogP contribution in [0.2, 0.25) is 0 Å². The normalized spacial score (nSPS) is 11.8. The summed E-state index contributed by atoms with van der Waals surface area (Å²) in [6, 6.07) is 13.3. The van der Waals surface area contributed by atoms with Crippen LogP contribution in [0.3, 0.4) is 0 Å². The summed E-state index contributed by atoms with van der Waals surface area (Å²) in [6.45, 7) is 11.0. The monoisotopic (exact) mass is 502 g/mol. The molecule has 0 spiro atoms. The molecule has 1 N–H and O–H groups in total. The van der Waals surface area contributed by atoms with Gasteiger partial charge in [0.15, 0.2) is 6.61 Å². The second kappa shape index (κ2) is 12.6. The van der Waals surface area contributed by atoms with Crippen LogP contribution in [0.4, 0.5) is 0 Å². The predicted molar refractivity (Wildman–Crippen MR) is 133 cm³/mol. The summed E-state index contributed by atoms with van der Waals surface area (Å²) in [5.41, 5.74) is 3.29. The topological polar surface area (TPSA) is 58.6 Å². The number of amides is 2. The minimum atomic E-state index is -0.552. The van der Waals surface area contributed by atoms with E-state index in [1.165, 1.54) is 5.56 Å². The molecule has 0 aliphatic carbocycles. The second-order valence-electron chi connectivity index (χ2n) is 8.30. The molecule has 0 saturated carbocycles. The Morgan fingerprint density at radius 3 is 2.44 bits per heavy atom. The van der Waals surface area contributed by atoms with Gasteiger partial charge in [0.25, 0.3) is 5.91 Å². The van der Waals surface area contributed by atoms with Crippen molar-refractivity contribution in [3.05, 3.63) is 63.6 Å². The van der Waals surface area contributed by atoms with E-state index in [1.807, 2.05) is 63.2 Å². The molecule has 0 aromatic heterocycles. The van der Waals surface area contributed by atoms with Gasteiger partial charge < -0.3 is 15.0 Å². The molecular formula is C26H35BrN2O3. The molecule has 1 atom stereocenters. The molecule has 2 amide bonds. The molecule has 0 aliphatic rings. The molecular weight excluding hydrogens is 468 g/mol. The van der Waals surface area contributed by atoms with Gasteiger partial charge in [-0.1, -0.05) is 58.0 Å². The zero-order valence-corrected chi connectivity index (χ0v) is 21.4. The third kappa shape index (κ3) is 7.09. The molecule has 0 saturated heterocycles. The van der Waals surface area contributed by atoms with E-state index in [0.29, 0.717) is 31.2 Å². The van der Waals surface area contributed by atoms with Crippen molar-refractivity contribution < 1.29 is 14.3 Å². The van der Waals surface area contributed by atoms with Crippen molar-refractivity contribution in [3.63, 3.8) is 0 Å². The van der Waals surface area contributed by atoms with E-state index < -0.39 is 6.04 Å². The first-order valence-corrected chi connectivity index (χ1v) is 12.1. The highest BCUT2D eigenvalue weighted by Crippen LogP contribution is 2.29. The van der Waals surface area contributed by atoms with Gasteiger partial charge in [-0.3, -0.25) is 9.59 Å². The lowest BCUT2D eigenvalue weighted by Gasteiger charge is -2.31. The van der Waals surface area contributed by atoms with E-state index in [4.69, 9.17) is 4.74 Å². The third-order valence-electron chi connectivity index (χ3n) is 5.51. The minimum Gasteiger partial charge on any atom is -0.483 e. The van der Waals surface area contributed by atoms with Gasteiger partial charge in [-0.15, -0.1) is 0 Å². The molecule has 2 rings (SSSR count). The van der Waals surface area contributed by atoms with Gasteiger partial charge in [-0.05, 0) is 70.4 Å². The number of hydrogen-bond acceptors (Lipinski definition) is 3. The van der Waals surface area contributed by atoms with Crippen LogP contribution < -0.4 is 10.1 Å². The number of nitrogens with zero attached hydrogens (tertiary/aromatic N) is 1. The van der Waals surface area contributed by atoms with Crippen LogP contribution in [0.1, 0.15) is 63.1 Å². The first kappa shape index (κ1) is 25.9. The summed E-state index contributed by atoms with van der Waals surface area (Å²) in [6.07, 6.45) is 1.37. The number of ether oxygens (including phenoxy) is 1. The SMILES string of the molecule is CCCNC(=O)[C@H](CC)N(Cc1ccccc1C)C(=O)COc1ccc(C(C)C)cc1Br. The standard InChI is InChI=1S/C26H35BrN2O3/c1-6-14-28-26(31)23(7-2)29(16-21-11-9-8-10-19(21)5)25(30)17-32-24-13-12-20(18(3)4)15-22(24)27/h8-13,15,18,23H,6-7,14,16-17H2,1-5H3,(H,28,31)/t23-/m0/s1. The molecule has 0 fully saturated rings. The summed E-state index contributed by atoms with van der Waals surface area (Å²) in [4.78, 5) is 27.8. The van der Waals surface area contributed by atoms with Crippen molar-refractivity contribution in [2.24, 2.45) is 0 Å². The lowest BCUT2D eigenvalue weighted by atomic mass is 10.0. The first-order valence-electron chi connectivity index (χ1n) is 11.3. The number of nitrogens with one attached hydrogen (secondary N) is 1. The summed E-state index contributed by atoms with van der Waals surface area (Å²) in [5.74, 6) is 0.672. The van der Waals surface area contributed by atoms with Crippen molar-refractivity contribution in [2.75, 3.05) is 13.2 Å². The molecule has 174 valence electrons. The van der Waals surface area contributed by atoms with E-state index >= 15 is 0 Å². The Morgan fingerprint density at radius 1 is 1.12 bits per heavy atom. The Labute approximate surface area is 200 Å². The van der Waals surface area contributed by atoms with Crippen molar-refractivity contribution in [1.82, 2.24) is 10.2 Å². The highest BCUT2D eigenvalue weighted by Gasteiger charge is 2.29. The number of hydrogen-bond donors (Lipinski definition) is 1. The van der Waals surface area contributed by atoms with Crippen molar-refractivity contribution in [3.8, 4) is 5.75 Å². The van der Waals surface area contributed by atoms with Crippen molar-refractivity contribution >= 4 is 27.7 Å². The van der Waals surface area contributed by atoms with Gasteiger partial charge in [0.2, 0.25) is 5.91 Å². The summed E-state index contributed by atoms with van der Waals surface area (Å²) in [5, 5.41) is 2.94. The average Bonchev–Trinajstić information content (AvgIpc) is 2.77. The molecule has 5 nitrogen and oxygen atoms in total. The molecule has 0 heterocycles. The van der Waals surface area contributed by atoms with Crippen LogP contribution in [0.15, 0.2) is 46.9 Å². The number of halogens is 1. The Kier molecular flexibility index (Phi) is 10.2. The molecule has 32 heavy (non-hydrogen) atoms. The fraction of sp³-hybridized carbons (Fsp3) is 0.462. The van der Waals surface area contributed by atoms with Crippen LogP contribution in [-0.4, -0.2) is 35.9 Å². The highest BCUT2D eigenvalue weighted by atomic mass is 79.9. The number of aryl methyl sites for hydroxylation is 1. The molecule has 2 aromatic carbocycles. The van der Waals surface area contributed by atoms with Crippen LogP contribution in [0.25, 0.3) is 0 Å². The maximum absolute atomic E-state index is 13.3. The molecule has 6 heteroatoms. The molecule has 0 unspecified atom stereocenters. The number of carbonyl (C=O) groups is 2. The third-order valence-corrected chi connectivity index (χ3v) is 6.13. The average molecular weight is 503 g/mol. The molecule has 0 aliphatic heterocycles. The Hall–Kier alpha value is -2.34. The lowest BCUT2D eigenvalue weighted by molar-refractivity contribution is -0.143. The van der Waals surface area contributed by atoms with Gasteiger partial charge in [0.05, 0.1) is 4.47 Å². The van der Waals surface area contributed by atoms with Gasteiger partial charge >= 0.3 is 0 Å². The maximum Gasteiger partial charge on any atom is 0.261 e. The van der Waals surface area contributed by atoms with Gasteiger partial charge in [0, 0.05) is 13.1 Å². The number of carbonyl (C=O) groups excluding carboxylic acids is 2. The van der Waals surface area contributed by atoms with Gasteiger partial charge in [-0.2, -0.15) is 0 Å². The van der Waals surface area contributed by atoms with Crippen LogP contribution >= 0.6 is 15.9 Å². The van der Waals surface area contributed by atoms with E-state index in [0.717, 1.165) is 22.0 Å². The van der Waals surface area contributed by atoms with Crippen LogP contribution in [0.5, 0.6) is 5.75 Å². The Morgan fingerprint density at radius 2 is 1.84 bits per heavy atom. The van der Waals surface area contributed by atoms with Crippen LogP contribution in [-0.2, 0) is 16.1 Å². The van der Waals surface area contributed by atoms with E-state index in [9.17, 15) is 9.59 Å². The summed E-state index contributed by atoms with van der Waals surface area (Å²) < 4.78 is 6.68. The molecule has 0 radical (unpaired) electrons. The van der Waals surface area contributed by atoms with Gasteiger partial charge in [-0.25, -0.2) is 0 Å². The number of benzene rings is 2. The van der Waals surface area contributed by atoms with Crippen molar-refractivity contribution in [2.45, 2.75) is 66.0 Å². The highest BCUT2D eigenvalue weighted by molar-refractivity contribution is 9.10. The van der Waals surface area contributed by atoms with E-state index in [1.54, 1.807) is 4.90 Å². The smallest absolute Gasteiger partial charge is 0.261 e. The number of rotatable bonds is 11. The molecule has 2 aromatic rings. The summed E-state index contributed by atoms with van der Waals surface area (Å²) >= 11 is 3.55. The van der Waals surface area contributed by atoms with E-state index in [2.05, 4.69) is 35.1 Å². The molecule has 0 bridgehead atoms. The van der Waals surface area contributed by atoms with Crippen molar-refractivity contribution in [1.29, 1.82) is 0 Å².